The van der Waals surface area contributed by atoms with E-state index in [0.29, 0.717) is 17.7 Å². The largest absolute Gasteiger partial charge is 0.480 e. The van der Waals surface area contributed by atoms with Gasteiger partial charge in [0.2, 0.25) is 11.8 Å². The third-order valence-corrected chi connectivity index (χ3v) is 5.53. The first-order valence-corrected chi connectivity index (χ1v) is 11.0. The number of rotatable bonds is 6. The number of nitrogens with one attached hydrogen (secondary N) is 2. The van der Waals surface area contributed by atoms with Gasteiger partial charge in [0.25, 0.3) is 0 Å². The average molecular weight is 506 g/mol. The van der Waals surface area contributed by atoms with E-state index in [2.05, 4.69) is 30.6 Å². The van der Waals surface area contributed by atoms with Gasteiger partial charge in [-0.15, -0.1) is 11.3 Å². The summed E-state index contributed by atoms with van der Waals surface area (Å²) in [5, 5.41) is 6.03. The normalized spacial score (nSPS) is 13.3. The van der Waals surface area contributed by atoms with Crippen LogP contribution in [0.5, 0.6) is 5.88 Å². The second kappa shape index (κ2) is 9.66. The molecular formula is C21H17F3N6O4S. The molecule has 4 heterocycles. The Labute approximate surface area is 200 Å². The molecular weight excluding hydrogens is 489 g/mol. The summed E-state index contributed by atoms with van der Waals surface area (Å²) in [6.45, 7) is 1.94. The van der Waals surface area contributed by atoms with Crippen molar-refractivity contribution in [2.24, 2.45) is 4.99 Å². The van der Waals surface area contributed by atoms with Crippen molar-refractivity contribution in [3.63, 3.8) is 0 Å². The minimum absolute atomic E-state index is 0.0128. The average Bonchev–Trinajstić information content (AvgIpc) is 3.48. The van der Waals surface area contributed by atoms with E-state index in [-0.39, 0.29) is 40.3 Å². The van der Waals surface area contributed by atoms with Crippen molar-refractivity contribution in [2.75, 3.05) is 25.5 Å². The number of hydrogen-bond acceptors (Lipinski definition) is 9. The number of aliphatic imine (C=N–C) groups is 1. The van der Waals surface area contributed by atoms with Crippen molar-refractivity contribution in [2.45, 2.75) is 13.1 Å². The van der Waals surface area contributed by atoms with Gasteiger partial charge in [-0.3, -0.25) is 5.32 Å². The van der Waals surface area contributed by atoms with Gasteiger partial charge in [-0.1, -0.05) is 0 Å². The van der Waals surface area contributed by atoms with Crippen LogP contribution in [0.3, 0.4) is 0 Å². The molecule has 1 aliphatic heterocycles. The van der Waals surface area contributed by atoms with Crippen LogP contribution in [0.1, 0.15) is 18.2 Å². The van der Waals surface area contributed by atoms with E-state index in [9.17, 15) is 22.8 Å². The molecule has 14 heteroatoms. The van der Waals surface area contributed by atoms with E-state index in [1.165, 1.54) is 25.6 Å². The summed E-state index contributed by atoms with van der Waals surface area (Å²) in [5.74, 6) is -0.286. The highest BCUT2D eigenvalue weighted by Gasteiger charge is 2.34. The van der Waals surface area contributed by atoms with E-state index in [4.69, 9.17) is 9.47 Å². The Bertz CT molecular complexity index is 1320. The molecule has 10 nitrogen and oxygen atoms in total. The summed E-state index contributed by atoms with van der Waals surface area (Å²) in [6, 6.07) is 2.46. The number of aromatic nitrogens is 3. The predicted molar refractivity (Wildman–Crippen MR) is 120 cm³/mol. The fraction of sp³-hybridized carbons (Fsp3) is 0.238. The number of nitrogens with zero attached hydrogens (tertiary/aromatic N) is 4. The number of esters is 1. The number of thiazole rings is 1. The zero-order valence-electron chi connectivity index (χ0n) is 18.3. The highest BCUT2D eigenvalue weighted by Crippen LogP contribution is 2.39. The molecule has 0 unspecified atom stereocenters. The van der Waals surface area contributed by atoms with E-state index in [1.54, 1.807) is 13.0 Å². The maximum absolute atomic E-state index is 13.2. The summed E-state index contributed by atoms with van der Waals surface area (Å²) in [4.78, 5) is 39.7. The molecule has 0 aromatic carbocycles. The number of hydrogen-bond donors (Lipinski definition) is 2. The first-order chi connectivity index (χ1) is 16.7. The SMILES string of the molecule is CCNC(=O)Nc1cc(-c2nc(C(F)(F)F)cs2)c(-c2cnc(OC)c(C3=NCC(=O)O3)c2)cn1. The number of amides is 2. The van der Waals surface area contributed by atoms with E-state index in [0.717, 1.165) is 16.7 Å². The molecule has 35 heavy (non-hydrogen) atoms. The fourth-order valence-corrected chi connectivity index (χ4v) is 4.00. The molecule has 0 fully saturated rings. The molecule has 2 N–H and O–H groups in total. The third-order valence-electron chi connectivity index (χ3n) is 4.66. The summed E-state index contributed by atoms with van der Waals surface area (Å²) in [7, 11) is 1.38. The second-order valence-corrected chi connectivity index (χ2v) is 7.87. The summed E-state index contributed by atoms with van der Waals surface area (Å²) in [6.07, 6.45) is -1.82. The van der Waals surface area contributed by atoms with Crippen molar-refractivity contribution < 1.29 is 32.2 Å². The molecule has 0 radical (unpaired) electrons. The molecule has 182 valence electrons. The number of anilines is 1. The number of pyridine rings is 2. The van der Waals surface area contributed by atoms with Gasteiger partial charge < -0.3 is 14.8 Å². The quantitative estimate of drug-likeness (QED) is 0.488. The van der Waals surface area contributed by atoms with Crippen LogP contribution in [-0.2, 0) is 15.7 Å². The Balaban J connectivity index is 1.83. The molecule has 4 rings (SSSR count). The number of methoxy groups -OCH3 is 1. The van der Waals surface area contributed by atoms with Gasteiger partial charge in [0, 0.05) is 41.0 Å². The molecule has 0 aliphatic carbocycles. The number of alkyl halides is 3. The van der Waals surface area contributed by atoms with Gasteiger partial charge in [0.15, 0.2) is 5.69 Å². The lowest BCUT2D eigenvalue weighted by atomic mass is 10.0. The van der Waals surface area contributed by atoms with Gasteiger partial charge in [0.05, 0.1) is 12.7 Å². The summed E-state index contributed by atoms with van der Waals surface area (Å²) in [5.41, 5.74) is 0.300. The van der Waals surface area contributed by atoms with Gasteiger partial charge in [-0.25, -0.2) is 29.5 Å². The molecule has 3 aromatic heterocycles. The van der Waals surface area contributed by atoms with Crippen LogP contribution in [0.15, 0.2) is 34.9 Å². The van der Waals surface area contributed by atoms with Gasteiger partial charge in [-0.2, -0.15) is 13.2 Å². The first kappa shape index (κ1) is 24.1. The number of carbonyl (C=O) groups excluding carboxylic acids is 2. The molecule has 2 amide bonds. The number of urea groups is 1. The van der Waals surface area contributed by atoms with Crippen LogP contribution in [-0.4, -0.2) is 53.0 Å². The van der Waals surface area contributed by atoms with Crippen LogP contribution < -0.4 is 15.4 Å². The lowest BCUT2D eigenvalue weighted by molar-refractivity contribution is -0.140. The van der Waals surface area contributed by atoms with Crippen molar-refractivity contribution in [3.05, 3.63) is 41.2 Å². The maximum Gasteiger partial charge on any atom is 0.434 e. The number of carbonyl (C=O) groups is 2. The lowest BCUT2D eigenvalue weighted by Gasteiger charge is -2.13. The molecule has 0 saturated heterocycles. The van der Waals surface area contributed by atoms with Crippen LogP contribution in [0.4, 0.5) is 23.8 Å². The zero-order chi connectivity index (χ0) is 25.2. The highest BCUT2D eigenvalue weighted by molar-refractivity contribution is 7.13. The minimum Gasteiger partial charge on any atom is -0.480 e. The van der Waals surface area contributed by atoms with Crippen LogP contribution in [0.2, 0.25) is 0 Å². The minimum atomic E-state index is -4.62. The molecule has 0 atom stereocenters. The Hall–Kier alpha value is -4.07. The monoisotopic (exact) mass is 506 g/mol. The van der Waals surface area contributed by atoms with Crippen LogP contribution >= 0.6 is 11.3 Å². The first-order valence-electron chi connectivity index (χ1n) is 10.1. The smallest absolute Gasteiger partial charge is 0.434 e. The summed E-state index contributed by atoms with van der Waals surface area (Å²) >= 11 is 0.788. The standard InChI is InChI=1S/C21H17F3N6O4S/c1-3-25-20(32)30-15-5-11(19-29-14(9-35-19)21(22,23)24)13(7-26-15)10-4-12(17(33-2)27-6-10)18-28-8-16(31)34-18/h4-7,9H,3,8H2,1-2H3,(H2,25,26,30,32). The topological polar surface area (TPSA) is 128 Å². The maximum atomic E-state index is 13.2. The van der Waals surface area contributed by atoms with E-state index in [1.807, 2.05) is 0 Å². The van der Waals surface area contributed by atoms with Crippen molar-refractivity contribution in [3.8, 4) is 27.6 Å². The van der Waals surface area contributed by atoms with E-state index >= 15 is 0 Å². The third kappa shape index (κ3) is 5.21. The van der Waals surface area contributed by atoms with Crippen molar-refractivity contribution in [1.82, 2.24) is 20.3 Å². The zero-order valence-corrected chi connectivity index (χ0v) is 19.1. The predicted octanol–water partition coefficient (Wildman–Crippen LogP) is 3.74. The van der Waals surface area contributed by atoms with Crippen LogP contribution in [0.25, 0.3) is 21.7 Å². The molecule has 0 saturated carbocycles. The Morgan fingerprint density at radius 3 is 2.63 bits per heavy atom. The molecule has 0 bridgehead atoms. The fourth-order valence-electron chi connectivity index (χ4n) is 3.14. The number of cyclic esters (lactones) is 1. The molecule has 0 spiro atoms. The highest BCUT2D eigenvalue weighted by atomic mass is 32.1. The van der Waals surface area contributed by atoms with E-state index < -0.39 is 23.9 Å². The van der Waals surface area contributed by atoms with Gasteiger partial charge >= 0.3 is 18.2 Å². The van der Waals surface area contributed by atoms with Gasteiger partial charge in [-0.05, 0) is 19.1 Å². The van der Waals surface area contributed by atoms with Crippen molar-refractivity contribution >= 4 is 35.1 Å². The van der Waals surface area contributed by atoms with Gasteiger partial charge in [0.1, 0.15) is 17.4 Å². The number of halogens is 3. The summed E-state index contributed by atoms with van der Waals surface area (Å²) < 4.78 is 50.0. The Kier molecular flexibility index (Phi) is 6.64. The number of ether oxygens (including phenoxy) is 2. The second-order valence-electron chi connectivity index (χ2n) is 7.01. The Morgan fingerprint density at radius 1 is 1.20 bits per heavy atom. The molecule has 3 aromatic rings. The van der Waals surface area contributed by atoms with Crippen molar-refractivity contribution in [1.29, 1.82) is 0 Å². The molecule has 1 aliphatic rings. The Morgan fingerprint density at radius 2 is 2.00 bits per heavy atom. The lowest BCUT2D eigenvalue weighted by Crippen LogP contribution is -2.28. The van der Waals surface area contributed by atoms with Crippen LogP contribution in [0, 0.1) is 0 Å².